The van der Waals surface area contributed by atoms with E-state index in [9.17, 15) is 5.11 Å². The molecular formula is C33H47NO3. The predicted octanol–water partition coefficient (Wildman–Crippen LogP) is 6.26. The first-order valence-electron chi connectivity index (χ1n) is 14.9. The van der Waals surface area contributed by atoms with Gasteiger partial charge in [-0.2, -0.15) is 0 Å². The highest BCUT2D eigenvalue weighted by Crippen LogP contribution is 2.69. The molecule has 6 rings (SSSR count). The summed E-state index contributed by atoms with van der Waals surface area (Å²) in [7, 11) is 4.10. The van der Waals surface area contributed by atoms with E-state index in [2.05, 4.69) is 61.8 Å². The fourth-order valence-electron chi connectivity index (χ4n) is 9.98. The minimum atomic E-state index is -0.857. The number of aliphatic hydroxyl groups is 1. The average molecular weight is 506 g/mol. The van der Waals surface area contributed by atoms with Crippen molar-refractivity contribution in [3.8, 4) is 11.8 Å². The summed E-state index contributed by atoms with van der Waals surface area (Å²) in [6, 6.07) is 8.34. The van der Waals surface area contributed by atoms with Gasteiger partial charge in [0.05, 0.1) is 13.2 Å². The fraction of sp³-hybridized carbons (Fsp3) is 0.758. The number of anilines is 1. The molecule has 5 aliphatic rings. The van der Waals surface area contributed by atoms with Gasteiger partial charge in [-0.25, -0.2) is 0 Å². The standard InChI is InChI=1S/C33H47NO3/c1-30-18-19-33(35,17-14-23-6-9-25(10-7-23)34(4)5)22-24(30)8-11-26-27-12-13-29(32(3)36-20-21-37-32)31(27,2)16-15-28(26)30/h6-7,9-10,24,26-29,35H,8,11-13,15-16,18-22H2,1-5H3/t24-,26+,27+,28+,29+,30+,31+,33-/m1/s1. The van der Waals surface area contributed by atoms with E-state index in [1.165, 1.54) is 44.2 Å². The van der Waals surface area contributed by atoms with Gasteiger partial charge in [0.15, 0.2) is 5.79 Å². The summed E-state index contributed by atoms with van der Waals surface area (Å²) < 4.78 is 12.4. The maximum absolute atomic E-state index is 11.6. The van der Waals surface area contributed by atoms with Crippen molar-refractivity contribution in [2.75, 3.05) is 32.2 Å². The number of ether oxygens (including phenoxy) is 2. The lowest BCUT2D eigenvalue weighted by molar-refractivity contribution is -0.219. The predicted molar refractivity (Wildman–Crippen MR) is 148 cm³/mol. The second-order valence-corrected chi connectivity index (χ2v) is 14.0. The fourth-order valence-corrected chi connectivity index (χ4v) is 9.98. The van der Waals surface area contributed by atoms with Gasteiger partial charge < -0.3 is 19.5 Å². The molecule has 1 heterocycles. The van der Waals surface area contributed by atoms with Gasteiger partial charge in [-0.05, 0) is 123 Å². The number of rotatable bonds is 2. The topological polar surface area (TPSA) is 41.9 Å². The minimum absolute atomic E-state index is 0.326. The van der Waals surface area contributed by atoms with E-state index < -0.39 is 5.60 Å². The van der Waals surface area contributed by atoms with Crippen molar-refractivity contribution in [1.29, 1.82) is 0 Å². The van der Waals surface area contributed by atoms with Crippen LogP contribution in [0.1, 0.15) is 84.1 Å². The lowest BCUT2D eigenvalue weighted by atomic mass is 9.43. The molecule has 1 saturated heterocycles. The van der Waals surface area contributed by atoms with Gasteiger partial charge in [-0.1, -0.05) is 25.7 Å². The minimum Gasteiger partial charge on any atom is -0.378 e. The monoisotopic (exact) mass is 505 g/mol. The summed E-state index contributed by atoms with van der Waals surface area (Å²) in [5.41, 5.74) is 1.96. The third-order valence-corrected chi connectivity index (χ3v) is 12.0. The van der Waals surface area contributed by atoms with E-state index >= 15 is 0 Å². The molecule has 1 N–H and O–H groups in total. The number of nitrogens with zero attached hydrogens (tertiary/aromatic N) is 1. The second kappa shape index (κ2) is 9.00. The summed E-state index contributed by atoms with van der Waals surface area (Å²) in [4.78, 5) is 2.10. The number of hydrogen-bond acceptors (Lipinski definition) is 4. The Kier molecular flexibility index (Phi) is 6.26. The van der Waals surface area contributed by atoms with Crippen molar-refractivity contribution in [3.63, 3.8) is 0 Å². The van der Waals surface area contributed by atoms with Crippen LogP contribution < -0.4 is 4.90 Å². The van der Waals surface area contributed by atoms with Crippen LogP contribution in [0.2, 0.25) is 0 Å². The van der Waals surface area contributed by atoms with Crippen LogP contribution in [-0.4, -0.2) is 43.8 Å². The molecule has 8 atom stereocenters. The number of fused-ring (bicyclic) bond motifs is 5. The normalized spacial score (nSPS) is 44.2. The Morgan fingerprint density at radius 2 is 1.54 bits per heavy atom. The van der Waals surface area contributed by atoms with Gasteiger partial charge in [-0.3, -0.25) is 0 Å². The summed E-state index contributed by atoms with van der Waals surface area (Å²) in [6.07, 6.45) is 10.5. The Labute approximate surface area is 224 Å². The second-order valence-electron chi connectivity index (χ2n) is 14.0. The molecule has 0 aromatic heterocycles. The zero-order valence-electron chi connectivity index (χ0n) is 23.7. The Bertz CT molecular complexity index is 1070. The van der Waals surface area contributed by atoms with Crippen molar-refractivity contribution in [2.24, 2.45) is 40.4 Å². The van der Waals surface area contributed by atoms with Crippen LogP contribution in [0.25, 0.3) is 0 Å². The molecule has 4 heteroatoms. The zero-order chi connectivity index (χ0) is 26.1. The lowest BCUT2D eigenvalue weighted by Gasteiger charge is -2.62. The number of hydrogen-bond donors (Lipinski definition) is 1. The van der Waals surface area contributed by atoms with Gasteiger partial charge in [-0.15, -0.1) is 0 Å². The zero-order valence-corrected chi connectivity index (χ0v) is 23.7. The Morgan fingerprint density at radius 1 is 0.838 bits per heavy atom. The largest absolute Gasteiger partial charge is 0.378 e. The highest BCUT2D eigenvalue weighted by molar-refractivity contribution is 5.49. The van der Waals surface area contributed by atoms with E-state index in [-0.39, 0.29) is 5.79 Å². The van der Waals surface area contributed by atoms with Crippen LogP contribution in [-0.2, 0) is 9.47 Å². The Hall–Kier alpha value is -1.54. The van der Waals surface area contributed by atoms with Gasteiger partial charge in [0.1, 0.15) is 5.60 Å². The molecule has 4 saturated carbocycles. The molecule has 0 radical (unpaired) electrons. The van der Waals surface area contributed by atoms with Crippen LogP contribution in [0.3, 0.4) is 0 Å². The van der Waals surface area contributed by atoms with Crippen molar-refractivity contribution >= 4 is 5.69 Å². The van der Waals surface area contributed by atoms with E-state index in [4.69, 9.17) is 9.47 Å². The van der Waals surface area contributed by atoms with Crippen LogP contribution in [0.5, 0.6) is 0 Å². The molecule has 0 bridgehead atoms. The maximum atomic E-state index is 11.6. The van der Waals surface area contributed by atoms with E-state index in [0.717, 1.165) is 55.8 Å². The van der Waals surface area contributed by atoms with Crippen molar-refractivity contribution in [3.05, 3.63) is 29.8 Å². The van der Waals surface area contributed by atoms with E-state index in [0.29, 0.717) is 22.7 Å². The molecular weight excluding hydrogens is 458 g/mol. The van der Waals surface area contributed by atoms with Gasteiger partial charge in [0.25, 0.3) is 0 Å². The molecule has 0 spiro atoms. The lowest BCUT2D eigenvalue weighted by Crippen LogP contribution is -2.57. The highest BCUT2D eigenvalue weighted by Gasteiger charge is 2.64. The van der Waals surface area contributed by atoms with Crippen LogP contribution in [0.15, 0.2) is 24.3 Å². The van der Waals surface area contributed by atoms with E-state index in [1.54, 1.807) is 0 Å². The third kappa shape index (κ3) is 4.16. The summed E-state index contributed by atoms with van der Waals surface area (Å²) in [5, 5.41) is 11.6. The summed E-state index contributed by atoms with van der Waals surface area (Å²) in [5.74, 6) is 9.71. The van der Waals surface area contributed by atoms with Gasteiger partial charge >= 0.3 is 0 Å². The molecule has 0 unspecified atom stereocenters. The highest BCUT2D eigenvalue weighted by atomic mass is 16.7. The smallest absolute Gasteiger partial charge is 0.169 e. The third-order valence-electron chi connectivity index (χ3n) is 12.0. The van der Waals surface area contributed by atoms with Crippen LogP contribution in [0, 0.1) is 52.3 Å². The van der Waals surface area contributed by atoms with Crippen molar-refractivity contribution < 1.29 is 14.6 Å². The van der Waals surface area contributed by atoms with Crippen LogP contribution in [0.4, 0.5) is 5.69 Å². The molecule has 5 fully saturated rings. The molecule has 4 aliphatic carbocycles. The van der Waals surface area contributed by atoms with Crippen LogP contribution >= 0.6 is 0 Å². The Balaban J connectivity index is 1.17. The first-order chi connectivity index (χ1) is 17.6. The molecule has 1 aliphatic heterocycles. The maximum Gasteiger partial charge on any atom is 0.169 e. The first kappa shape index (κ1) is 25.7. The number of benzene rings is 1. The summed E-state index contributed by atoms with van der Waals surface area (Å²) in [6.45, 7) is 8.83. The molecule has 1 aromatic carbocycles. The van der Waals surface area contributed by atoms with Crippen molar-refractivity contribution in [2.45, 2.75) is 89.9 Å². The SMILES string of the molecule is CN(C)c1ccc(C#C[C@@]2(O)CC[C@@]3(C)[C@H](CC[C@@H]4[C@@H]3CC[C@]3(C)[C@@H](C5(C)OCCO5)CC[C@@H]43)C2)cc1. The molecule has 37 heavy (non-hydrogen) atoms. The Morgan fingerprint density at radius 3 is 2.24 bits per heavy atom. The van der Waals surface area contributed by atoms with Gasteiger partial charge in [0.2, 0.25) is 0 Å². The van der Waals surface area contributed by atoms with Crippen molar-refractivity contribution in [1.82, 2.24) is 0 Å². The summed E-state index contributed by atoms with van der Waals surface area (Å²) >= 11 is 0. The van der Waals surface area contributed by atoms with Gasteiger partial charge in [0, 0.05) is 31.3 Å². The van der Waals surface area contributed by atoms with E-state index in [1.807, 2.05) is 14.1 Å². The first-order valence-corrected chi connectivity index (χ1v) is 14.9. The molecule has 202 valence electrons. The molecule has 0 amide bonds. The average Bonchev–Trinajstić information content (AvgIpc) is 3.47. The molecule has 1 aromatic rings. The quantitative estimate of drug-likeness (QED) is 0.482. The molecule has 4 nitrogen and oxygen atoms in total.